The van der Waals surface area contributed by atoms with Crippen molar-refractivity contribution in [3.05, 3.63) is 149 Å². The summed E-state index contributed by atoms with van der Waals surface area (Å²) < 4.78 is 12.4. The Morgan fingerprint density at radius 1 is 0.674 bits per heavy atom. The number of hydrogen-bond acceptors (Lipinski definition) is 5. The number of nitriles is 2. The lowest BCUT2D eigenvalue weighted by atomic mass is 9.95. The van der Waals surface area contributed by atoms with Gasteiger partial charge in [-0.1, -0.05) is 60.7 Å². The van der Waals surface area contributed by atoms with E-state index in [0.29, 0.717) is 22.9 Å². The van der Waals surface area contributed by atoms with Crippen LogP contribution in [0, 0.1) is 22.7 Å². The molecule has 0 radical (unpaired) electrons. The van der Waals surface area contributed by atoms with E-state index in [1.54, 1.807) is 25.2 Å². The fourth-order valence-electron chi connectivity index (χ4n) is 5.90. The summed E-state index contributed by atoms with van der Waals surface area (Å²) in [5.74, 6) is 2.41. The summed E-state index contributed by atoms with van der Waals surface area (Å²) in [6.45, 7) is 3.84. The van der Waals surface area contributed by atoms with Crippen LogP contribution in [-0.4, -0.2) is 0 Å². The molecule has 204 valence electrons. The number of benzene rings is 4. The van der Waals surface area contributed by atoms with E-state index < -0.39 is 0 Å². The van der Waals surface area contributed by atoms with Gasteiger partial charge in [-0.3, -0.25) is 0 Å². The molecule has 5 nitrogen and oxygen atoms in total. The lowest BCUT2D eigenvalue weighted by Crippen LogP contribution is -2.12. The van der Waals surface area contributed by atoms with E-state index in [1.807, 2.05) is 18.2 Å². The first kappa shape index (κ1) is 25.9. The second-order valence-corrected chi connectivity index (χ2v) is 10.5. The van der Waals surface area contributed by atoms with E-state index in [-0.39, 0.29) is 5.57 Å². The molecule has 0 atom stereocenters. The van der Waals surface area contributed by atoms with Crippen molar-refractivity contribution in [3.63, 3.8) is 0 Å². The first-order chi connectivity index (χ1) is 21.0. The summed E-state index contributed by atoms with van der Waals surface area (Å²) in [4.78, 5) is 2.30. The molecule has 0 spiro atoms. The highest BCUT2D eigenvalue weighted by Gasteiger charge is 2.27. The third kappa shape index (κ3) is 4.50. The lowest BCUT2D eigenvalue weighted by molar-refractivity contribution is 0.313. The molecule has 3 heterocycles. The average molecular weight is 556 g/mol. The smallest absolute Gasteiger partial charge is 0.137 e. The standard InChI is InChI=1S/C38H25N3O2/c1-24-17-29(21-30-19-26(18-25(2)42-30)27(22-39)23-40)43-38-20-28(15-16-31(24)38)41-36-13-7-5-11-34(36)32-9-3-4-10-33(32)35-12-6-8-14-37(35)41/h3-21H,1-2H3. The fourth-order valence-corrected chi connectivity index (χ4v) is 5.90. The third-order valence-electron chi connectivity index (χ3n) is 7.76. The number of hydrogen-bond donors (Lipinski definition) is 0. The molecule has 43 heavy (non-hydrogen) atoms. The number of rotatable bonds is 2. The number of allylic oxidation sites excluding steroid dienone is 8. The summed E-state index contributed by atoms with van der Waals surface area (Å²) in [5.41, 5.74) is 10.5. The molecule has 0 aromatic heterocycles. The molecule has 0 fully saturated rings. The minimum absolute atomic E-state index is 0.0324. The van der Waals surface area contributed by atoms with Gasteiger partial charge in [-0.05, 0) is 73.0 Å². The van der Waals surface area contributed by atoms with E-state index in [4.69, 9.17) is 9.47 Å². The average Bonchev–Trinajstić information content (AvgIpc) is 3.14. The van der Waals surface area contributed by atoms with Crippen molar-refractivity contribution < 1.29 is 9.47 Å². The van der Waals surface area contributed by atoms with E-state index in [1.165, 1.54) is 11.1 Å². The van der Waals surface area contributed by atoms with Gasteiger partial charge in [0.15, 0.2) is 0 Å². The Morgan fingerprint density at radius 3 is 1.91 bits per heavy atom. The summed E-state index contributed by atoms with van der Waals surface area (Å²) in [6.07, 6.45) is 7.12. The van der Waals surface area contributed by atoms with Crippen molar-refractivity contribution in [2.45, 2.75) is 13.8 Å². The monoisotopic (exact) mass is 555 g/mol. The normalized spacial score (nSPS) is 15.4. The number of anilines is 3. The first-order valence-electron chi connectivity index (χ1n) is 14.0. The molecule has 3 aliphatic rings. The van der Waals surface area contributed by atoms with Gasteiger partial charge < -0.3 is 14.4 Å². The molecule has 0 unspecified atom stereocenters. The predicted molar refractivity (Wildman–Crippen MR) is 169 cm³/mol. The topological polar surface area (TPSA) is 69.3 Å². The van der Waals surface area contributed by atoms with Crippen LogP contribution in [0.25, 0.3) is 27.8 Å². The van der Waals surface area contributed by atoms with Crippen LogP contribution in [0.4, 0.5) is 17.1 Å². The van der Waals surface area contributed by atoms with Gasteiger partial charge in [0, 0.05) is 40.1 Å². The molecular weight excluding hydrogens is 530 g/mol. The van der Waals surface area contributed by atoms with Crippen molar-refractivity contribution in [1.82, 2.24) is 0 Å². The highest BCUT2D eigenvalue weighted by molar-refractivity contribution is 6.02. The van der Waals surface area contributed by atoms with Crippen LogP contribution in [0.3, 0.4) is 0 Å². The summed E-state index contributed by atoms with van der Waals surface area (Å²) in [7, 11) is 0. The van der Waals surface area contributed by atoms with Crippen LogP contribution in [0.1, 0.15) is 19.4 Å². The zero-order chi connectivity index (χ0) is 29.5. The second kappa shape index (κ2) is 10.4. The van der Waals surface area contributed by atoms with Crippen LogP contribution in [0.5, 0.6) is 5.75 Å². The Labute approximate surface area is 250 Å². The number of fused-ring (bicyclic) bond motifs is 6. The molecule has 0 saturated carbocycles. The van der Waals surface area contributed by atoms with Crippen LogP contribution in [0.2, 0.25) is 0 Å². The van der Waals surface area contributed by atoms with Gasteiger partial charge in [0.25, 0.3) is 0 Å². The number of nitrogens with zero attached hydrogens (tertiary/aromatic N) is 3. The van der Waals surface area contributed by atoms with Crippen LogP contribution >= 0.6 is 0 Å². The van der Waals surface area contributed by atoms with E-state index >= 15 is 0 Å². The first-order valence-corrected chi connectivity index (χ1v) is 14.0. The second-order valence-electron chi connectivity index (χ2n) is 10.5. The van der Waals surface area contributed by atoms with Crippen LogP contribution in [-0.2, 0) is 4.74 Å². The van der Waals surface area contributed by atoms with Crippen molar-refractivity contribution in [3.8, 4) is 40.1 Å². The Hall–Kier alpha value is -6.04. The molecule has 0 bridgehead atoms. The lowest BCUT2D eigenvalue weighted by Gasteiger charge is -2.29. The largest absolute Gasteiger partial charge is 0.462 e. The Balaban J connectivity index is 1.34. The molecular formula is C38H25N3O2. The molecule has 5 heteroatoms. The van der Waals surface area contributed by atoms with Crippen molar-refractivity contribution >= 4 is 22.6 Å². The van der Waals surface area contributed by atoms with E-state index in [2.05, 4.69) is 103 Å². The SMILES string of the molecule is CC1=CC(=C(C#N)C#N)C=C(C=C2C=C(C)c3ccc(N4c5ccccc5-c5ccccc5-c5ccccc54)cc3O2)O1. The molecule has 4 aromatic rings. The summed E-state index contributed by atoms with van der Waals surface area (Å²) in [6, 6.07) is 35.8. The third-order valence-corrected chi connectivity index (χ3v) is 7.76. The predicted octanol–water partition coefficient (Wildman–Crippen LogP) is 9.65. The minimum Gasteiger partial charge on any atom is -0.462 e. The van der Waals surface area contributed by atoms with Gasteiger partial charge in [-0.25, -0.2) is 0 Å². The zero-order valence-electron chi connectivity index (χ0n) is 23.6. The molecule has 4 aromatic carbocycles. The van der Waals surface area contributed by atoms with Gasteiger partial charge in [0.05, 0.1) is 11.4 Å². The zero-order valence-corrected chi connectivity index (χ0v) is 23.6. The maximum absolute atomic E-state index is 9.36. The van der Waals surface area contributed by atoms with E-state index in [9.17, 15) is 10.5 Å². The Bertz CT molecular complexity index is 2000. The van der Waals surface area contributed by atoms with Gasteiger partial charge in [-0.15, -0.1) is 0 Å². The van der Waals surface area contributed by atoms with E-state index in [0.717, 1.165) is 45.1 Å². The molecule has 0 aliphatic carbocycles. The van der Waals surface area contributed by atoms with Crippen LogP contribution < -0.4 is 9.64 Å². The summed E-state index contributed by atoms with van der Waals surface area (Å²) >= 11 is 0. The van der Waals surface area contributed by atoms with Gasteiger partial charge >= 0.3 is 0 Å². The van der Waals surface area contributed by atoms with Crippen LogP contribution in [0.15, 0.2) is 144 Å². The molecule has 7 rings (SSSR count). The van der Waals surface area contributed by atoms with Gasteiger partial charge in [0.1, 0.15) is 40.7 Å². The maximum atomic E-state index is 9.36. The Morgan fingerprint density at radius 2 is 1.28 bits per heavy atom. The molecule has 3 aliphatic heterocycles. The quantitative estimate of drug-likeness (QED) is 0.203. The fraction of sp³-hybridized carbons (Fsp3) is 0.0526. The minimum atomic E-state index is 0.0324. The number of ether oxygens (including phenoxy) is 2. The van der Waals surface area contributed by atoms with Gasteiger partial charge in [-0.2, -0.15) is 10.5 Å². The molecule has 0 amide bonds. The Kier molecular flexibility index (Phi) is 6.27. The highest BCUT2D eigenvalue weighted by Crippen LogP contribution is 2.51. The molecule has 0 N–H and O–H groups in total. The maximum Gasteiger partial charge on any atom is 0.137 e. The van der Waals surface area contributed by atoms with Crippen molar-refractivity contribution in [1.29, 1.82) is 10.5 Å². The van der Waals surface area contributed by atoms with Gasteiger partial charge in [0.2, 0.25) is 0 Å². The van der Waals surface area contributed by atoms with Crippen molar-refractivity contribution in [2.24, 2.45) is 0 Å². The highest BCUT2D eigenvalue weighted by atomic mass is 16.5. The van der Waals surface area contributed by atoms with Crippen molar-refractivity contribution in [2.75, 3.05) is 4.90 Å². The molecule has 0 saturated heterocycles. The number of para-hydroxylation sites is 2. The summed E-state index contributed by atoms with van der Waals surface area (Å²) in [5, 5.41) is 18.7.